The maximum absolute atomic E-state index is 5.05. The van der Waals surface area contributed by atoms with Crippen molar-refractivity contribution in [2.24, 2.45) is 10.9 Å². The molecule has 0 rings (SSSR count). The fourth-order valence-electron chi connectivity index (χ4n) is 0.596. The molecular weight excluding hydrogens is 114 g/mol. The Hall–Kier alpha value is -0.730. The molecule has 0 aromatic heterocycles. The molecule has 0 aliphatic heterocycles. The Balaban J connectivity index is 3.59. The molecule has 0 aliphatic rings. The third kappa shape index (κ3) is 2.95. The van der Waals surface area contributed by atoms with Crippen LogP contribution < -0.4 is 5.84 Å². The van der Waals surface area contributed by atoms with Crippen LogP contribution in [0.4, 0.5) is 0 Å². The molecular formula is C6H15N3. The number of amidine groups is 1. The Morgan fingerprint density at radius 2 is 2.22 bits per heavy atom. The lowest BCUT2D eigenvalue weighted by Gasteiger charge is -2.15. The van der Waals surface area contributed by atoms with Crippen molar-refractivity contribution in [3.63, 3.8) is 0 Å². The minimum absolute atomic E-state index is 0.886. The number of hydrogen-bond donors (Lipinski definition) is 1. The molecule has 0 aliphatic carbocycles. The van der Waals surface area contributed by atoms with Crippen LogP contribution in [0.2, 0.25) is 0 Å². The molecule has 0 unspecified atom stereocenters. The predicted molar refractivity (Wildman–Crippen MR) is 40.2 cm³/mol. The molecule has 2 N–H and O–H groups in total. The molecule has 0 saturated carbocycles. The van der Waals surface area contributed by atoms with Gasteiger partial charge in [-0.15, -0.1) is 0 Å². The predicted octanol–water partition coefficient (Wildman–Crippen LogP) is 0.620. The molecule has 0 aromatic carbocycles. The van der Waals surface area contributed by atoms with Crippen molar-refractivity contribution in [3.8, 4) is 0 Å². The lowest BCUT2D eigenvalue weighted by atomic mass is 10.4. The summed E-state index contributed by atoms with van der Waals surface area (Å²) in [5, 5.41) is 3.55. The normalized spacial score (nSPS) is 11.7. The van der Waals surface area contributed by atoms with E-state index in [9.17, 15) is 0 Å². The summed E-state index contributed by atoms with van der Waals surface area (Å²) in [6.07, 6.45) is 1.13. The molecule has 0 aromatic rings. The van der Waals surface area contributed by atoms with Crippen LogP contribution in [0.5, 0.6) is 0 Å². The fraction of sp³-hybridized carbons (Fsp3) is 0.833. The Kier molecular flexibility index (Phi) is 3.84. The molecule has 0 heterocycles. The van der Waals surface area contributed by atoms with Crippen LogP contribution in [0.3, 0.4) is 0 Å². The van der Waals surface area contributed by atoms with Gasteiger partial charge in [0.25, 0.3) is 0 Å². The summed E-state index contributed by atoms with van der Waals surface area (Å²) in [7, 11) is 1.98. The van der Waals surface area contributed by atoms with Crippen molar-refractivity contribution < 1.29 is 0 Å². The van der Waals surface area contributed by atoms with Crippen LogP contribution in [0.25, 0.3) is 0 Å². The first-order chi connectivity index (χ1) is 4.22. The summed E-state index contributed by atoms with van der Waals surface area (Å²) < 4.78 is 0. The minimum atomic E-state index is 0.886. The van der Waals surface area contributed by atoms with Crippen LogP contribution in [-0.2, 0) is 0 Å². The molecule has 0 bridgehead atoms. The average Bonchev–Trinajstić information content (AvgIpc) is 1.87. The van der Waals surface area contributed by atoms with Crippen molar-refractivity contribution in [1.82, 2.24) is 4.90 Å². The Morgan fingerprint density at radius 3 is 2.56 bits per heavy atom. The van der Waals surface area contributed by atoms with E-state index in [0.717, 1.165) is 18.8 Å². The highest BCUT2D eigenvalue weighted by Crippen LogP contribution is 1.86. The third-order valence-corrected chi connectivity index (χ3v) is 1.30. The zero-order valence-corrected chi connectivity index (χ0v) is 6.39. The second-order valence-electron chi connectivity index (χ2n) is 2.10. The largest absolute Gasteiger partial charge is 0.362 e. The van der Waals surface area contributed by atoms with Gasteiger partial charge in [0, 0.05) is 13.6 Å². The lowest BCUT2D eigenvalue weighted by molar-refractivity contribution is 0.496. The van der Waals surface area contributed by atoms with E-state index in [2.05, 4.69) is 12.0 Å². The summed E-state index contributed by atoms with van der Waals surface area (Å²) >= 11 is 0. The van der Waals surface area contributed by atoms with Crippen LogP contribution in [0, 0.1) is 0 Å². The van der Waals surface area contributed by atoms with Crippen LogP contribution >= 0.6 is 0 Å². The van der Waals surface area contributed by atoms with Gasteiger partial charge in [0.2, 0.25) is 0 Å². The minimum Gasteiger partial charge on any atom is -0.362 e. The molecule has 0 fully saturated rings. The van der Waals surface area contributed by atoms with Gasteiger partial charge >= 0.3 is 0 Å². The highest BCUT2D eigenvalue weighted by molar-refractivity contribution is 5.78. The summed E-state index contributed by atoms with van der Waals surface area (Å²) in [5.41, 5.74) is 0. The van der Waals surface area contributed by atoms with E-state index >= 15 is 0 Å². The van der Waals surface area contributed by atoms with E-state index in [1.54, 1.807) is 0 Å². The highest BCUT2D eigenvalue weighted by Gasteiger charge is 1.95. The second kappa shape index (κ2) is 4.18. The number of hydrogen-bond acceptors (Lipinski definition) is 2. The van der Waals surface area contributed by atoms with Gasteiger partial charge in [-0.1, -0.05) is 6.92 Å². The van der Waals surface area contributed by atoms with E-state index in [1.165, 1.54) is 0 Å². The maximum Gasteiger partial charge on any atom is 0.121 e. The zero-order chi connectivity index (χ0) is 7.28. The summed E-state index contributed by atoms with van der Waals surface area (Å²) in [6.45, 7) is 5.04. The smallest absolute Gasteiger partial charge is 0.121 e. The van der Waals surface area contributed by atoms with Gasteiger partial charge in [0.05, 0.1) is 0 Å². The van der Waals surface area contributed by atoms with Gasteiger partial charge in [-0.2, -0.15) is 5.10 Å². The summed E-state index contributed by atoms with van der Waals surface area (Å²) in [5.74, 6) is 5.94. The van der Waals surface area contributed by atoms with E-state index in [0.29, 0.717) is 0 Å². The van der Waals surface area contributed by atoms with Crippen molar-refractivity contribution >= 4 is 5.84 Å². The van der Waals surface area contributed by atoms with Crippen molar-refractivity contribution in [3.05, 3.63) is 0 Å². The molecule has 0 spiro atoms. The number of nitrogens with zero attached hydrogens (tertiary/aromatic N) is 2. The molecule has 3 nitrogen and oxygen atoms in total. The molecule has 54 valence electrons. The van der Waals surface area contributed by atoms with Gasteiger partial charge in [0.15, 0.2) is 0 Å². The summed E-state index contributed by atoms with van der Waals surface area (Å²) in [4.78, 5) is 2.03. The van der Waals surface area contributed by atoms with Crippen molar-refractivity contribution in [2.45, 2.75) is 20.3 Å². The van der Waals surface area contributed by atoms with E-state index in [1.807, 2.05) is 18.9 Å². The number of hydrazone groups is 1. The van der Waals surface area contributed by atoms with Crippen molar-refractivity contribution in [2.75, 3.05) is 13.6 Å². The summed E-state index contributed by atoms with van der Waals surface area (Å²) in [6, 6.07) is 0. The van der Waals surface area contributed by atoms with E-state index < -0.39 is 0 Å². The van der Waals surface area contributed by atoms with Gasteiger partial charge in [0.1, 0.15) is 5.84 Å². The first-order valence-corrected chi connectivity index (χ1v) is 3.18. The monoisotopic (exact) mass is 129 g/mol. The molecule has 0 amide bonds. The molecule has 0 saturated heterocycles. The zero-order valence-electron chi connectivity index (χ0n) is 6.39. The number of rotatable bonds is 2. The molecule has 0 radical (unpaired) electrons. The van der Waals surface area contributed by atoms with Crippen LogP contribution in [-0.4, -0.2) is 24.3 Å². The molecule has 0 atom stereocenters. The lowest BCUT2D eigenvalue weighted by Crippen LogP contribution is -2.25. The van der Waals surface area contributed by atoms with E-state index in [4.69, 9.17) is 5.84 Å². The third-order valence-electron chi connectivity index (χ3n) is 1.30. The Bertz CT molecular complexity index is 98.5. The molecule has 3 heteroatoms. The van der Waals surface area contributed by atoms with Gasteiger partial charge < -0.3 is 10.7 Å². The van der Waals surface area contributed by atoms with Gasteiger partial charge in [-0.25, -0.2) is 0 Å². The SMILES string of the molecule is CCCN(C)/C(C)=N\N. The van der Waals surface area contributed by atoms with Crippen LogP contribution in [0.1, 0.15) is 20.3 Å². The second-order valence-corrected chi connectivity index (χ2v) is 2.10. The van der Waals surface area contributed by atoms with Crippen LogP contribution in [0.15, 0.2) is 5.10 Å². The highest BCUT2D eigenvalue weighted by atomic mass is 15.2. The maximum atomic E-state index is 5.05. The van der Waals surface area contributed by atoms with Gasteiger partial charge in [-0.3, -0.25) is 0 Å². The van der Waals surface area contributed by atoms with Crippen molar-refractivity contribution in [1.29, 1.82) is 0 Å². The first-order valence-electron chi connectivity index (χ1n) is 3.18. The molecule has 9 heavy (non-hydrogen) atoms. The van der Waals surface area contributed by atoms with E-state index in [-0.39, 0.29) is 0 Å². The quantitative estimate of drug-likeness (QED) is 0.257. The van der Waals surface area contributed by atoms with Gasteiger partial charge in [-0.05, 0) is 13.3 Å². The first kappa shape index (κ1) is 8.27. The Labute approximate surface area is 56.5 Å². The topological polar surface area (TPSA) is 41.6 Å². The average molecular weight is 129 g/mol. The number of nitrogens with two attached hydrogens (primary N) is 1. The Morgan fingerprint density at radius 1 is 1.67 bits per heavy atom. The fourth-order valence-corrected chi connectivity index (χ4v) is 0.596. The standard InChI is InChI=1S/C6H15N3/c1-4-5-9(3)6(2)8-7/h4-5,7H2,1-3H3/b8-6-.